The van der Waals surface area contributed by atoms with E-state index in [0.29, 0.717) is 17.8 Å². The van der Waals surface area contributed by atoms with Crippen molar-refractivity contribution in [2.75, 3.05) is 29.5 Å². The van der Waals surface area contributed by atoms with Crippen LogP contribution in [-0.4, -0.2) is 41.4 Å². The first-order chi connectivity index (χ1) is 13.2. The predicted molar refractivity (Wildman–Crippen MR) is 112 cm³/mol. The maximum atomic E-state index is 13.1. The van der Waals surface area contributed by atoms with E-state index in [1.807, 2.05) is 36.0 Å². The maximum absolute atomic E-state index is 13.1. The molecule has 142 valence electrons. The summed E-state index contributed by atoms with van der Waals surface area (Å²) in [5.74, 6) is 1.87. The van der Waals surface area contributed by atoms with Gasteiger partial charge in [0.05, 0.1) is 11.3 Å². The van der Waals surface area contributed by atoms with Gasteiger partial charge in [0, 0.05) is 17.6 Å². The lowest BCUT2D eigenvalue weighted by molar-refractivity contribution is -0.119. The quantitative estimate of drug-likeness (QED) is 0.681. The van der Waals surface area contributed by atoms with E-state index < -0.39 is 0 Å². The molecular weight excluding hydrogens is 378 g/mol. The van der Waals surface area contributed by atoms with Crippen LogP contribution in [0.25, 0.3) is 0 Å². The summed E-state index contributed by atoms with van der Waals surface area (Å²) in [5, 5.41) is 3.66. The highest BCUT2D eigenvalue weighted by Gasteiger charge is 2.29. The summed E-state index contributed by atoms with van der Waals surface area (Å²) < 4.78 is 0. The molecule has 5 nitrogen and oxygen atoms in total. The van der Waals surface area contributed by atoms with Crippen LogP contribution in [0.2, 0.25) is 0 Å². The molecule has 1 aromatic carbocycles. The van der Waals surface area contributed by atoms with Gasteiger partial charge in [-0.15, -0.1) is 0 Å². The fourth-order valence-corrected chi connectivity index (χ4v) is 4.62. The summed E-state index contributed by atoms with van der Waals surface area (Å²) in [6.07, 6.45) is 3.80. The van der Waals surface area contributed by atoms with Gasteiger partial charge in [0.2, 0.25) is 5.91 Å². The standard InChI is InChI=1S/C20H23N3O2S2/c1-2-12-26-13-6-11-21-18(24)14-23-16-8-5-10-22-19(16)27-17-9-4-3-7-15(17)20(23)25/h3-5,7-10H,2,6,11-14H2,1H3,(H,21,24). The number of fused-ring (bicyclic) bond motifs is 2. The van der Waals surface area contributed by atoms with E-state index in [1.165, 1.54) is 23.1 Å². The van der Waals surface area contributed by atoms with Gasteiger partial charge >= 0.3 is 0 Å². The SMILES string of the molecule is CCCSCCCNC(=O)CN1C(=O)c2ccccc2Sc2ncccc21. The number of carbonyl (C=O) groups excluding carboxylic acids is 2. The Labute approximate surface area is 168 Å². The van der Waals surface area contributed by atoms with E-state index in [4.69, 9.17) is 0 Å². The second-order valence-electron chi connectivity index (χ2n) is 6.13. The number of rotatable bonds is 8. The molecule has 0 saturated carbocycles. The first-order valence-corrected chi connectivity index (χ1v) is 11.1. The number of nitrogens with zero attached hydrogens (tertiary/aromatic N) is 2. The zero-order chi connectivity index (χ0) is 19.1. The molecule has 0 atom stereocenters. The van der Waals surface area contributed by atoms with Crippen LogP contribution >= 0.6 is 23.5 Å². The number of aromatic nitrogens is 1. The molecule has 2 heterocycles. The lowest BCUT2D eigenvalue weighted by atomic mass is 10.2. The molecule has 1 N–H and O–H groups in total. The van der Waals surface area contributed by atoms with Crippen molar-refractivity contribution >= 4 is 41.0 Å². The summed E-state index contributed by atoms with van der Waals surface area (Å²) in [7, 11) is 0. The van der Waals surface area contributed by atoms with Crippen LogP contribution in [0.1, 0.15) is 30.1 Å². The zero-order valence-corrected chi connectivity index (χ0v) is 16.9. The monoisotopic (exact) mass is 401 g/mol. The van der Waals surface area contributed by atoms with E-state index in [1.54, 1.807) is 18.3 Å². The Morgan fingerprint density at radius 3 is 2.93 bits per heavy atom. The Morgan fingerprint density at radius 1 is 1.22 bits per heavy atom. The molecule has 1 aromatic heterocycles. The minimum absolute atomic E-state index is 0.00543. The molecule has 0 fully saturated rings. The third-order valence-corrected chi connectivity index (χ3v) is 6.41. The molecule has 2 amide bonds. The van der Waals surface area contributed by atoms with Gasteiger partial charge in [-0.3, -0.25) is 14.5 Å². The molecule has 0 saturated heterocycles. The number of pyridine rings is 1. The van der Waals surface area contributed by atoms with E-state index >= 15 is 0 Å². The van der Waals surface area contributed by atoms with Crippen molar-refractivity contribution < 1.29 is 9.59 Å². The van der Waals surface area contributed by atoms with E-state index in [2.05, 4.69) is 17.2 Å². The summed E-state index contributed by atoms with van der Waals surface area (Å²) >= 11 is 3.36. The van der Waals surface area contributed by atoms with Crippen molar-refractivity contribution in [3.8, 4) is 0 Å². The summed E-state index contributed by atoms with van der Waals surface area (Å²) in [6, 6.07) is 11.1. The minimum atomic E-state index is -0.168. The van der Waals surface area contributed by atoms with Gasteiger partial charge in [0.25, 0.3) is 5.91 Å². The second-order valence-corrected chi connectivity index (χ2v) is 8.39. The molecule has 3 rings (SSSR count). The number of amides is 2. The number of benzene rings is 1. The highest BCUT2D eigenvalue weighted by molar-refractivity contribution is 7.99. The summed E-state index contributed by atoms with van der Waals surface area (Å²) in [5.41, 5.74) is 1.28. The van der Waals surface area contributed by atoms with Gasteiger partial charge in [-0.2, -0.15) is 11.8 Å². The predicted octanol–water partition coefficient (Wildman–Crippen LogP) is 3.84. The Balaban J connectivity index is 1.70. The average molecular weight is 402 g/mol. The lowest BCUT2D eigenvalue weighted by Gasteiger charge is -2.21. The van der Waals surface area contributed by atoms with E-state index in [0.717, 1.165) is 27.8 Å². The molecule has 0 radical (unpaired) electrons. The lowest BCUT2D eigenvalue weighted by Crippen LogP contribution is -2.41. The number of carbonyl (C=O) groups is 2. The fraction of sp³-hybridized carbons (Fsp3) is 0.350. The third-order valence-electron chi connectivity index (χ3n) is 4.05. The average Bonchev–Trinajstić information content (AvgIpc) is 2.80. The number of hydrogen-bond acceptors (Lipinski definition) is 5. The van der Waals surface area contributed by atoms with Crippen LogP contribution in [0.4, 0.5) is 5.69 Å². The molecule has 7 heteroatoms. The van der Waals surface area contributed by atoms with Gasteiger partial charge in [0.15, 0.2) is 0 Å². The molecule has 1 aliphatic rings. The second kappa shape index (κ2) is 9.80. The molecule has 0 unspecified atom stereocenters. The van der Waals surface area contributed by atoms with Crippen molar-refractivity contribution in [1.82, 2.24) is 10.3 Å². The molecule has 27 heavy (non-hydrogen) atoms. The van der Waals surface area contributed by atoms with Crippen molar-refractivity contribution in [1.29, 1.82) is 0 Å². The van der Waals surface area contributed by atoms with Crippen molar-refractivity contribution in [2.24, 2.45) is 0 Å². The zero-order valence-electron chi connectivity index (χ0n) is 15.3. The first kappa shape index (κ1) is 19.8. The number of anilines is 1. The van der Waals surface area contributed by atoms with Crippen molar-refractivity contribution in [3.63, 3.8) is 0 Å². The Morgan fingerprint density at radius 2 is 2.07 bits per heavy atom. The minimum Gasteiger partial charge on any atom is -0.355 e. The topological polar surface area (TPSA) is 62.3 Å². The Kier molecular flexibility index (Phi) is 7.18. The molecule has 2 aromatic rings. The number of nitrogens with one attached hydrogen (secondary N) is 1. The molecule has 1 aliphatic heterocycles. The van der Waals surface area contributed by atoms with E-state index in [9.17, 15) is 9.59 Å². The smallest absolute Gasteiger partial charge is 0.259 e. The molecular formula is C20H23N3O2S2. The van der Waals surface area contributed by atoms with E-state index in [-0.39, 0.29) is 18.4 Å². The Bertz CT molecular complexity index is 813. The van der Waals surface area contributed by atoms with Gasteiger partial charge in [-0.05, 0) is 48.6 Å². The van der Waals surface area contributed by atoms with Gasteiger partial charge in [-0.1, -0.05) is 30.8 Å². The summed E-state index contributed by atoms with van der Waals surface area (Å²) in [6.45, 7) is 2.79. The normalized spacial score (nSPS) is 12.9. The van der Waals surface area contributed by atoms with Crippen LogP contribution in [0.3, 0.4) is 0 Å². The summed E-state index contributed by atoms with van der Waals surface area (Å²) in [4.78, 5) is 32.3. The molecule has 0 aliphatic carbocycles. The van der Waals surface area contributed by atoms with Crippen LogP contribution in [-0.2, 0) is 4.79 Å². The maximum Gasteiger partial charge on any atom is 0.259 e. The first-order valence-electron chi connectivity index (χ1n) is 9.09. The largest absolute Gasteiger partial charge is 0.355 e. The van der Waals surface area contributed by atoms with Gasteiger partial charge < -0.3 is 5.32 Å². The fourth-order valence-electron chi connectivity index (χ4n) is 2.76. The van der Waals surface area contributed by atoms with Crippen LogP contribution in [0.15, 0.2) is 52.5 Å². The van der Waals surface area contributed by atoms with Crippen LogP contribution in [0.5, 0.6) is 0 Å². The molecule has 0 bridgehead atoms. The Hall–Kier alpha value is -1.99. The number of hydrogen-bond donors (Lipinski definition) is 1. The van der Waals surface area contributed by atoms with Crippen molar-refractivity contribution in [2.45, 2.75) is 29.7 Å². The number of thioether (sulfide) groups is 1. The van der Waals surface area contributed by atoms with Crippen LogP contribution in [0, 0.1) is 0 Å². The third kappa shape index (κ3) is 5.05. The van der Waals surface area contributed by atoms with Crippen LogP contribution < -0.4 is 10.2 Å². The van der Waals surface area contributed by atoms with Crippen molar-refractivity contribution in [3.05, 3.63) is 48.2 Å². The van der Waals surface area contributed by atoms with Gasteiger partial charge in [0.1, 0.15) is 11.6 Å². The highest BCUT2D eigenvalue weighted by atomic mass is 32.2. The highest BCUT2D eigenvalue weighted by Crippen LogP contribution is 2.39. The molecule has 0 spiro atoms. The van der Waals surface area contributed by atoms with Gasteiger partial charge in [-0.25, -0.2) is 4.98 Å².